The summed E-state index contributed by atoms with van der Waals surface area (Å²) in [6, 6.07) is 5.18. The van der Waals surface area contributed by atoms with Crippen molar-refractivity contribution in [2.24, 2.45) is 5.92 Å². The van der Waals surface area contributed by atoms with Crippen LogP contribution in [0.2, 0.25) is 0 Å². The maximum Gasteiger partial charge on any atom is 0.234 e. The van der Waals surface area contributed by atoms with Gasteiger partial charge in [-0.25, -0.2) is 0 Å². The molecule has 1 aromatic rings. The van der Waals surface area contributed by atoms with Crippen LogP contribution in [-0.2, 0) is 4.79 Å². The lowest BCUT2D eigenvalue weighted by Gasteiger charge is -2.44. The fourth-order valence-electron chi connectivity index (χ4n) is 4.95. The Morgan fingerprint density at radius 2 is 1.97 bits per heavy atom. The number of hydrogen-bond acceptors (Lipinski definition) is 8. The molecule has 7 atom stereocenters. The first-order valence-corrected chi connectivity index (χ1v) is 10.9. The number of amides is 1. The summed E-state index contributed by atoms with van der Waals surface area (Å²) in [6.07, 6.45) is 1.07. The van der Waals surface area contributed by atoms with Gasteiger partial charge in [0.1, 0.15) is 12.2 Å². The summed E-state index contributed by atoms with van der Waals surface area (Å²) in [7, 11) is 0. The third-order valence-electron chi connectivity index (χ3n) is 6.65. The van der Waals surface area contributed by atoms with Crippen molar-refractivity contribution >= 4 is 5.91 Å². The molecule has 3 unspecified atom stereocenters. The average molecular weight is 420 g/mol. The van der Waals surface area contributed by atoms with Crippen LogP contribution < -0.4 is 16.0 Å². The van der Waals surface area contributed by atoms with Crippen molar-refractivity contribution in [1.82, 2.24) is 25.8 Å². The first-order valence-electron chi connectivity index (χ1n) is 10.9. The molecule has 4 rings (SSSR count). The molecule has 1 amide bonds. The number of nitrogens with one attached hydrogen (secondary N) is 3. The zero-order chi connectivity index (χ0) is 21.3. The van der Waals surface area contributed by atoms with Gasteiger partial charge in [0.25, 0.3) is 0 Å². The Morgan fingerprint density at radius 1 is 1.20 bits per heavy atom. The Hall–Kier alpha value is -1.62. The fraction of sp³-hybridized carbons (Fsp3) is 0.714. The van der Waals surface area contributed by atoms with Gasteiger partial charge in [0, 0.05) is 37.4 Å². The summed E-state index contributed by atoms with van der Waals surface area (Å²) < 4.78 is 0. The number of nitrogens with zero attached hydrogens (tertiary/aromatic N) is 2. The molecule has 3 heterocycles. The lowest BCUT2D eigenvalue weighted by Crippen LogP contribution is -2.71. The van der Waals surface area contributed by atoms with E-state index in [4.69, 9.17) is 0 Å². The number of likely N-dealkylation sites (tertiary alicyclic amines) is 1. The number of carbonyl (C=O) groups is 1. The van der Waals surface area contributed by atoms with Gasteiger partial charge < -0.3 is 20.6 Å². The van der Waals surface area contributed by atoms with Gasteiger partial charge in [-0.15, -0.1) is 0 Å². The van der Waals surface area contributed by atoms with Gasteiger partial charge in [0.05, 0.1) is 24.1 Å². The Kier molecular flexibility index (Phi) is 6.66. The molecule has 166 valence electrons. The van der Waals surface area contributed by atoms with Gasteiger partial charge in [-0.05, 0) is 38.3 Å². The van der Waals surface area contributed by atoms with Crippen molar-refractivity contribution in [2.45, 2.75) is 69.2 Å². The Labute approximate surface area is 176 Å². The van der Waals surface area contributed by atoms with Crippen molar-refractivity contribution in [2.75, 3.05) is 19.7 Å². The maximum atomic E-state index is 13.2. The molecule has 0 spiro atoms. The second-order valence-electron chi connectivity index (χ2n) is 8.77. The summed E-state index contributed by atoms with van der Waals surface area (Å²) in [5.41, 5.74) is 1.48. The summed E-state index contributed by atoms with van der Waals surface area (Å²) in [5.74, 6) is -1.08. The number of aromatic nitrogens is 1. The molecular formula is C21H33N5O4. The lowest BCUT2D eigenvalue weighted by molar-refractivity contribution is -0.130. The average Bonchev–Trinajstić information content (AvgIpc) is 3.02. The van der Waals surface area contributed by atoms with Crippen LogP contribution >= 0.6 is 0 Å². The van der Waals surface area contributed by atoms with Crippen molar-refractivity contribution in [3.8, 4) is 0 Å². The number of hydrogen-bond donors (Lipinski definition) is 6. The van der Waals surface area contributed by atoms with Gasteiger partial charge in [0.2, 0.25) is 5.91 Å². The van der Waals surface area contributed by atoms with Crippen molar-refractivity contribution in [3.63, 3.8) is 0 Å². The van der Waals surface area contributed by atoms with Crippen LogP contribution in [0, 0.1) is 12.8 Å². The van der Waals surface area contributed by atoms with Gasteiger partial charge in [-0.3, -0.25) is 25.3 Å². The van der Waals surface area contributed by atoms with E-state index in [1.54, 1.807) is 0 Å². The highest BCUT2D eigenvalue weighted by Crippen LogP contribution is 2.29. The maximum absolute atomic E-state index is 13.2. The lowest BCUT2D eigenvalue weighted by atomic mass is 9.96. The van der Waals surface area contributed by atoms with Crippen LogP contribution in [0.3, 0.4) is 0 Å². The number of carbonyl (C=O) groups excluding carboxylic acids is 1. The van der Waals surface area contributed by atoms with E-state index >= 15 is 0 Å². The molecule has 2 saturated heterocycles. The molecule has 0 aromatic carbocycles. The molecule has 2 aliphatic heterocycles. The fourth-order valence-corrected chi connectivity index (χ4v) is 4.95. The third-order valence-corrected chi connectivity index (χ3v) is 6.65. The molecule has 9 heteroatoms. The zero-order valence-corrected chi connectivity index (χ0v) is 17.4. The first-order chi connectivity index (χ1) is 14.5. The molecule has 0 bridgehead atoms. The van der Waals surface area contributed by atoms with E-state index in [-0.39, 0.29) is 24.7 Å². The van der Waals surface area contributed by atoms with Crippen LogP contribution in [-0.4, -0.2) is 81.5 Å². The largest absolute Gasteiger partial charge is 0.396 e. The molecule has 6 N–H and O–H groups in total. The summed E-state index contributed by atoms with van der Waals surface area (Å²) in [5, 5.41) is 40.2. The van der Waals surface area contributed by atoms with Crippen LogP contribution in [0.25, 0.3) is 0 Å². The number of pyridine rings is 1. The van der Waals surface area contributed by atoms with Gasteiger partial charge in [0.15, 0.2) is 0 Å². The molecule has 0 radical (unpaired) electrons. The third kappa shape index (κ3) is 4.37. The van der Waals surface area contributed by atoms with E-state index in [9.17, 15) is 20.1 Å². The highest BCUT2D eigenvalue weighted by Gasteiger charge is 2.46. The van der Waals surface area contributed by atoms with E-state index in [0.29, 0.717) is 12.1 Å². The van der Waals surface area contributed by atoms with E-state index in [1.807, 2.05) is 25.1 Å². The van der Waals surface area contributed by atoms with E-state index in [2.05, 4.69) is 25.8 Å². The van der Waals surface area contributed by atoms with Crippen molar-refractivity contribution in [3.05, 3.63) is 29.6 Å². The molecular weight excluding hydrogens is 386 g/mol. The molecule has 1 aromatic heterocycles. The minimum atomic E-state index is -1.01. The summed E-state index contributed by atoms with van der Waals surface area (Å²) in [6.45, 7) is 3.53. The number of aliphatic hydroxyl groups excluding tert-OH is 3. The molecule has 1 aliphatic carbocycles. The van der Waals surface area contributed by atoms with E-state index < -0.39 is 30.3 Å². The normalized spacial score (nSPS) is 37.9. The quantitative estimate of drug-likeness (QED) is 0.358. The standard InChI is InChI=1S/C21H33N5O4/c1-12-6-5-7-14(22-12)16-19(23-15-10-13(11-27)17(28)18(15)29)24-21(25-20(16)30)26-8-3-2-4-9-26/h5-7,13,15-19,21,23-24,27-29H,2-4,8-11H2,1H3,(H,25,30)/t13-,15-,16?,17-,18+,19?,21?/m1/s1. The van der Waals surface area contributed by atoms with Gasteiger partial charge >= 0.3 is 0 Å². The monoisotopic (exact) mass is 419 g/mol. The SMILES string of the molecule is Cc1cccc(C2C(=O)NC(N3CCCCC3)NC2N[C@@H]2C[C@H](CO)[C@@H](O)[C@H]2O)n1. The Balaban J connectivity index is 1.57. The van der Waals surface area contributed by atoms with Crippen LogP contribution in [0.5, 0.6) is 0 Å². The Bertz CT molecular complexity index is 744. The van der Waals surface area contributed by atoms with Gasteiger partial charge in [-0.1, -0.05) is 12.5 Å². The number of aliphatic hydroxyl groups is 3. The van der Waals surface area contributed by atoms with E-state index in [1.165, 1.54) is 6.42 Å². The van der Waals surface area contributed by atoms with E-state index in [0.717, 1.165) is 31.6 Å². The molecule has 1 saturated carbocycles. The predicted octanol–water partition coefficient (Wildman–Crippen LogP) is -1.02. The predicted molar refractivity (Wildman–Crippen MR) is 110 cm³/mol. The minimum absolute atomic E-state index is 0.119. The number of rotatable bonds is 5. The number of aryl methyl sites for hydroxylation is 1. The molecule has 30 heavy (non-hydrogen) atoms. The second-order valence-corrected chi connectivity index (χ2v) is 8.77. The van der Waals surface area contributed by atoms with Crippen molar-refractivity contribution < 1.29 is 20.1 Å². The summed E-state index contributed by atoms with van der Waals surface area (Å²) >= 11 is 0. The second kappa shape index (κ2) is 9.25. The van der Waals surface area contributed by atoms with Gasteiger partial charge in [-0.2, -0.15) is 0 Å². The van der Waals surface area contributed by atoms with Crippen LogP contribution in [0.1, 0.15) is 43.0 Å². The molecule has 9 nitrogen and oxygen atoms in total. The number of piperidine rings is 1. The van der Waals surface area contributed by atoms with Crippen molar-refractivity contribution in [1.29, 1.82) is 0 Å². The molecule has 3 aliphatic rings. The highest BCUT2D eigenvalue weighted by atomic mass is 16.3. The Morgan fingerprint density at radius 3 is 2.63 bits per heavy atom. The molecule has 3 fully saturated rings. The zero-order valence-electron chi connectivity index (χ0n) is 17.4. The first kappa shape index (κ1) is 21.6. The summed E-state index contributed by atoms with van der Waals surface area (Å²) in [4.78, 5) is 20.0. The van der Waals surface area contributed by atoms with Crippen LogP contribution in [0.15, 0.2) is 18.2 Å². The highest BCUT2D eigenvalue weighted by molar-refractivity contribution is 5.85. The minimum Gasteiger partial charge on any atom is -0.396 e. The smallest absolute Gasteiger partial charge is 0.234 e. The van der Waals surface area contributed by atoms with Crippen LogP contribution in [0.4, 0.5) is 0 Å². The topological polar surface area (TPSA) is 130 Å².